The van der Waals surface area contributed by atoms with Crippen LogP contribution in [0.15, 0.2) is 71.2 Å². The second kappa shape index (κ2) is 6.97. The van der Waals surface area contributed by atoms with Gasteiger partial charge in [0.15, 0.2) is 6.10 Å². The lowest BCUT2D eigenvalue weighted by Gasteiger charge is -2.13. The molecular weight excluding hydrogens is 368 g/mol. The van der Waals surface area contributed by atoms with Crippen LogP contribution in [0.5, 0.6) is 0 Å². The summed E-state index contributed by atoms with van der Waals surface area (Å²) in [6.45, 7) is 1.59. The molecule has 1 atom stereocenters. The van der Waals surface area contributed by atoms with Crippen molar-refractivity contribution in [3.63, 3.8) is 0 Å². The zero-order valence-corrected chi connectivity index (χ0v) is 14.6. The summed E-state index contributed by atoms with van der Waals surface area (Å²) in [5.41, 5.74) is 0.972. The summed E-state index contributed by atoms with van der Waals surface area (Å²) >= 11 is 3.33. The van der Waals surface area contributed by atoms with E-state index in [0.29, 0.717) is 11.1 Å². The third kappa shape index (κ3) is 3.39. The number of fused-ring (bicyclic) bond motifs is 1. The predicted molar refractivity (Wildman–Crippen MR) is 97.3 cm³/mol. The quantitative estimate of drug-likeness (QED) is 0.469. The normalized spacial score (nSPS) is 11.9. The monoisotopic (exact) mass is 382 g/mol. The summed E-state index contributed by atoms with van der Waals surface area (Å²) in [7, 11) is 0. The fourth-order valence-electron chi connectivity index (χ4n) is 2.53. The number of ketones is 1. The molecule has 0 spiro atoms. The van der Waals surface area contributed by atoms with E-state index < -0.39 is 12.1 Å². The van der Waals surface area contributed by atoms with Crippen LogP contribution in [0.1, 0.15) is 27.6 Å². The molecule has 0 heterocycles. The van der Waals surface area contributed by atoms with Crippen molar-refractivity contribution in [3.05, 3.63) is 82.3 Å². The zero-order chi connectivity index (χ0) is 17.1. The van der Waals surface area contributed by atoms with E-state index in [2.05, 4.69) is 15.9 Å². The number of rotatable bonds is 4. The van der Waals surface area contributed by atoms with E-state index in [4.69, 9.17) is 4.74 Å². The Balaban J connectivity index is 1.80. The summed E-state index contributed by atoms with van der Waals surface area (Å²) in [6, 6.07) is 20.0. The zero-order valence-electron chi connectivity index (χ0n) is 13.0. The first kappa shape index (κ1) is 16.4. The van der Waals surface area contributed by atoms with Crippen LogP contribution < -0.4 is 0 Å². The Morgan fingerprint density at radius 1 is 0.917 bits per heavy atom. The number of benzene rings is 3. The van der Waals surface area contributed by atoms with Crippen molar-refractivity contribution in [1.82, 2.24) is 0 Å². The lowest BCUT2D eigenvalue weighted by Crippen LogP contribution is -2.24. The van der Waals surface area contributed by atoms with Crippen molar-refractivity contribution in [1.29, 1.82) is 0 Å². The number of halogens is 1. The van der Waals surface area contributed by atoms with Crippen LogP contribution in [0.3, 0.4) is 0 Å². The third-order valence-electron chi connectivity index (χ3n) is 3.79. The van der Waals surface area contributed by atoms with Crippen molar-refractivity contribution < 1.29 is 14.3 Å². The summed E-state index contributed by atoms with van der Waals surface area (Å²) in [5.74, 6) is -0.721. The Bertz CT molecular complexity index is 895. The number of ether oxygens (including phenoxy) is 1. The third-order valence-corrected chi connectivity index (χ3v) is 4.32. The molecule has 0 aliphatic carbocycles. The van der Waals surface area contributed by atoms with E-state index in [1.807, 2.05) is 30.3 Å². The van der Waals surface area contributed by atoms with Gasteiger partial charge in [-0.05, 0) is 35.9 Å². The molecule has 120 valence electrons. The molecule has 3 aromatic rings. The number of hydrogen-bond donors (Lipinski definition) is 0. The van der Waals surface area contributed by atoms with E-state index in [9.17, 15) is 9.59 Å². The largest absolute Gasteiger partial charge is 0.451 e. The Morgan fingerprint density at radius 3 is 2.33 bits per heavy atom. The highest BCUT2D eigenvalue weighted by Gasteiger charge is 2.21. The maximum absolute atomic E-state index is 12.5. The van der Waals surface area contributed by atoms with Crippen LogP contribution in [-0.4, -0.2) is 17.9 Å². The topological polar surface area (TPSA) is 43.4 Å². The van der Waals surface area contributed by atoms with Crippen LogP contribution in [0, 0.1) is 0 Å². The first-order valence-corrected chi connectivity index (χ1v) is 8.34. The molecule has 4 heteroatoms. The summed E-state index contributed by atoms with van der Waals surface area (Å²) in [4.78, 5) is 24.9. The minimum atomic E-state index is -0.849. The first-order valence-electron chi connectivity index (χ1n) is 7.55. The summed E-state index contributed by atoms with van der Waals surface area (Å²) in [6.07, 6.45) is -0.849. The van der Waals surface area contributed by atoms with Gasteiger partial charge in [-0.15, -0.1) is 0 Å². The Hall–Kier alpha value is -2.46. The van der Waals surface area contributed by atoms with Gasteiger partial charge in [-0.1, -0.05) is 64.5 Å². The molecule has 0 bridgehead atoms. The maximum Gasteiger partial charge on any atom is 0.339 e. The van der Waals surface area contributed by atoms with E-state index in [1.165, 1.54) is 0 Å². The molecule has 0 amide bonds. The summed E-state index contributed by atoms with van der Waals surface area (Å²) in [5, 5.41) is 1.77. The highest BCUT2D eigenvalue weighted by molar-refractivity contribution is 9.10. The van der Waals surface area contributed by atoms with Crippen LogP contribution in [0.2, 0.25) is 0 Å². The minimum Gasteiger partial charge on any atom is -0.451 e. The molecule has 0 unspecified atom stereocenters. The van der Waals surface area contributed by atoms with Crippen molar-refractivity contribution in [2.24, 2.45) is 0 Å². The maximum atomic E-state index is 12.5. The van der Waals surface area contributed by atoms with E-state index in [1.54, 1.807) is 43.3 Å². The molecule has 0 fully saturated rings. The number of carbonyl (C=O) groups excluding carboxylic acids is 2. The minimum absolute atomic E-state index is 0.226. The van der Waals surface area contributed by atoms with Crippen LogP contribution in [-0.2, 0) is 4.74 Å². The van der Waals surface area contributed by atoms with Gasteiger partial charge in [0.2, 0.25) is 5.78 Å². The lowest BCUT2D eigenvalue weighted by atomic mass is 10.0. The Labute approximate surface area is 148 Å². The summed E-state index contributed by atoms with van der Waals surface area (Å²) < 4.78 is 6.28. The van der Waals surface area contributed by atoms with E-state index >= 15 is 0 Å². The van der Waals surface area contributed by atoms with Gasteiger partial charge in [0.25, 0.3) is 0 Å². The standard InChI is InChI=1S/C20H15BrO3/c1-13(19(22)15-9-11-16(21)12-10-15)24-20(23)18-8-4-6-14-5-2-3-7-17(14)18/h2-13H,1H3/t13-/m0/s1. The number of Topliss-reactive ketones (excluding diaryl/α,β-unsaturated/α-hetero) is 1. The second-order valence-corrected chi connectivity index (χ2v) is 6.36. The molecule has 0 N–H and O–H groups in total. The Kier molecular flexibility index (Phi) is 4.76. The molecule has 3 aromatic carbocycles. The molecular formula is C20H15BrO3. The van der Waals surface area contributed by atoms with Gasteiger partial charge in [0.1, 0.15) is 0 Å². The highest BCUT2D eigenvalue weighted by atomic mass is 79.9. The average Bonchev–Trinajstić information content (AvgIpc) is 2.61. The van der Waals surface area contributed by atoms with Crippen LogP contribution in [0.4, 0.5) is 0 Å². The molecule has 0 aliphatic rings. The predicted octanol–water partition coefficient (Wildman–Crippen LogP) is 5.03. The van der Waals surface area contributed by atoms with Gasteiger partial charge < -0.3 is 4.74 Å². The van der Waals surface area contributed by atoms with E-state index in [0.717, 1.165) is 15.2 Å². The van der Waals surface area contributed by atoms with Gasteiger partial charge in [0.05, 0.1) is 5.56 Å². The molecule has 0 radical (unpaired) electrons. The van der Waals surface area contributed by atoms with Gasteiger partial charge in [-0.25, -0.2) is 4.79 Å². The average molecular weight is 383 g/mol. The van der Waals surface area contributed by atoms with Crippen LogP contribution >= 0.6 is 15.9 Å². The molecule has 24 heavy (non-hydrogen) atoms. The molecule has 0 aliphatic heterocycles. The highest BCUT2D eigenvalue weighted by Crippen LogP contribution is 2.20. The van der Waals surface area contributed by atoms with Gasteiger partial charge in [0, 0.05) is 10.0 Å². The fourth-order valence-corrected chi connectivity index (χ4v) is 2.79. The molecule has 0 saturated heterocycles. The fraction of sp³-hybridized carbons (Fsp3) is 0.100. The van der Waals surface area contributed by atoms with Gasteiger partial charge >= 0.3 is 5.97 Å². The van der Waals surface area contributed by atoms with Crippen molar-refractivity contribution in [3.8, 4) is 0 Å². The number of esters is 1. The molecule has 3 rings (SSSR count). The van der Waals surface area contributed by atoms with Gasteiger partial charge in [-0.2, -0.15) is 0 Å². The molecule has 3 nitrogen and oxygen atoms in total. The smallest absolute Gasteiger partial charge is 0.339 e. The number of hydrogen-bond acceptors (Lipinski definition) is 3. The van der Waals surface area contributed by atoms with Crippen molar-refractivity contribution >= 4 is 38.5 Å². The SMILES string of the molecule is C[C@H](OC(=O)c1cccc2ccccc12)C(=O)c1ccc(Br)cc1. The van der Waals surface area contributed by atoms with Gasteiger partial charge in [-0.3, -0.25) is 4.79 Å². The molecule has 0 aromatic heterocycles. The van der Waals surface area contributed by atoms with Crippen molar-refractivity contribution in [2.45, 2.75) is 13.0 Å². The van der Waals surface area contributed by atoms with E-state index in [-0.39, 0.29) is 5.78 Å². The first-order chi connectivity index (χ1) is 11.6. The Morgan fingerprint density at radius 2 is 1.58 bits per heavy atom. The molecule has 0 saturated carbocycles. The number of carbonyl (C=O) groups is 2. The van der Waals surface area contributed by atoms with Crippen molar-refractivity contribution in [2.75, 3.05) is 0 Å². The second-order valence-electron chi connectivity index (χ2n) is 5.45. The van der Waals surface area contributed by atoms with Crippen LogP contribution in [0.25, 0.3) is 10.8 Å². The lowest BCUT2D eigenvalue weighted by molar-refractivity contribution is 0.0321.